The second kappa shape index (κ2) is 11.3. The van der Waals surface area contributed by atoms with Gasteiger partial charge in [0.2, 0.25) is 0 Å². The first kappa shape index (κ1) is 22.6. The molecule has 0 aliphatic carbocycles. The molecule has 1 amide bonds. The van der Waals surface area contributed by atoms with Crippen molar-refractivity contribution in [2.45, 2.75) is 19.1 Å². The Morgan fingerprint density at radius 2 is 1.41 bits per heavy atom. The molecule has 0 aromatic heterocycles. The molecule has 3 rings (SSSR count). The van der Waals surface area contributed by atoms with Crippen molar-refractivity contribution in [1.29, 1.82) is 0 Å². The number of hydrogen-bond donors (Lipinski definition) is 1. The van der Waals surface area contributed by atoms with Crippen molar-refractivity contribution in [2.24, 2.45) is 0 Å². The Labute approximate surface area is 185 Å². The van der Waals surface area contributed by atoms with Gasteiger partial charge >= 0.3 is 18.0 Å². The van der Waals surface area contributed by atoms with Crippen LogP contribution in [0.4, 0.5) is 4.79 Å². The lowest BCUT2D eigenvalue weighted by atomic mass is 10.1. The Balaban J connectivity index is 1.66. The van der Waals surface area contributed by atoms with Crippen LogP contribution in [0.3, 0.4) is 0 Å². The first-order chi connectivity index (χ1) is 15.5. The maximum atomic E-state index is 12.8. The largest absolute Gasteiger partial charge is 0.465 e. The first-order valence-corrected chi connectivity index (χ1v) is 9.96. The van der Waals surface area contributed by atoms with Gasteiger partial charge in [-0.1, -0.05) is 60.7 Å². The van der Waals surface area contributed by atoms with Crippen molar-refractivity contribution >= 4 is 18.0 Å². The molecule has 1 atom stereocenters. The van der Waals surface area contributed by atoms with Crippen LogP contribution < -0.4 is 10.1 Å². The third-order valence-electron chi connectivity index (χ3n) is 4.57. The molecular weight excluding hydrogens is 410 g/mol. The third-order valence-corrected chi connectivity index (χ3v) is 4.57. The summed E-state index contributed by atoms with van der Waals surface area (Å²) in [6, 6.07) is 23.4. The number of nitrogens with one attached hydrogen (secondary N) is 1. The van der Waals surface area contributed by atoms with Crippen LogP contribution in [-0.4, -0.2) is 31.2 Å². The smallest absolute Gasteiger partial charge is 0.408 e. The molecule has 7 heteroatoms. The van der Waals surface area contributed by atoms with Crippen LogP contribution in [0.2, 0.25) is 0 Å². The van der Waals surface area contributed by atoms with Gasteiger partial charge < -0.3 is 19.5 Å². The number of carbonyl (C=O) groups is 3. The summed E-state index contributed by atoms with van der Waals surface area (Å²) in [7, 11) is 1.28. The van der Waals surface area contributed by atoms with Gasteiger partial charge in [-0.2, -0.15) is 0 Å². The molecule has 7 nitrogen and oxygen atoms in total. The van der Waals surface area contributed by atoms with E-state index in [1.165, 1.54) is 31.4 Å². The molecule has 0 bridgehead atoms. The highest BCUT2D eigenvalue weighted by Crippen LogP contribution is 2.15. The van der Waals surface area contributed by atoms with Crippen molar-refractivity contribution in [2.75, 3.05) is 7.11 Å². The zero-order valence-corrected chi connectivity index (χ0v) is 17.5. The maximum Gasteiger partial charge on any atom is 0.408 e. The zero-order chi connectivity index (χ0) is 22.8. The topological polar surface area (TPSA) is 90.9 Å². The first-order valence-electron chi connectivity index (χ1n) is 9.96. The van der Waals surface area contributed by atoms with Crippen molar-refractivity contribution < 1.29 is 28.6 Å². The Morgan fingerprint density at radius 1 is 0.812 bits per heavy atom. The van der Waals surface area contributed by atoms with Crippen LogP contribution >= 0.6 is 0 Å². The van der Waals surface area contributed by atoms with Crippen LogP contribution in [0.1, 0.15) is 21.5 Å². The fourth-order valence-electron chi connectivity index (χ4n) is 2.91. The lowest BCUT2D eigenvalue weighted by molar-refractivity contribution is -0.136. The van der Waals surface area contributed by atoms with Crippen molar-refractivity contribution in [3.63, 3.8) is 0 Å². The average Bonchev–Trinajstić information content (AvgIpc) is 2.83. The number of hydrogen-bond acceptors (Lipinski definition) is 6. The number of esters is 2. The normalized spacial score (nSPS) is 11.2. The molecule has 0 unspecified atom stereocenters. The molecular formula is C25H23NO6. The Kier molecular flexibility index (Phi) is 7.97. The molecule has 3 aromatic carbocycles. The molecule has 164 valence electrons. The number of carbonyl (C=O) groups excluding carboxylic acids is 3. The Bertz CT molecular complexity index is 1040. The van der Waals surface area contributed by atoms with E-state index in [1.807, 2.05) is 60.7 Å². The van der Waals surface area contributed by atoms with Gasteiger partial charge in [-0.3, -0.25) is 0 Å². The molecule has 0 aliphatic rings. The minimum atomic E-state index is -0.971. The van der Waals surface area contributed by atoms with E-state index < -0.39 is 24.1 Å². The molecule has 0 fully saturated rings. The molecule has 0 heterocycles. The fraction of sp³-hybridized carbons (Fsp3) is 0.160. The summed E-state index contributed by atoms with van der Waals surface area (Å²) >= 11 is 0. The second-order valence-electron chi connectivity index (χ2n) is 6.89. The van der Waals surface area contributed by atoms with Gasteiger partial charge in [0.15, 0.2) is 0 Å². The van der Waals surface area contributed by atoms with E-state index in [4.69, 9.17) is 9.47 Å². The summed E-state index contributed by atoms with van der Waals surface area (Å²) < 4.78 is 15.3. The minimum absolute atomic E-state index is 0.0781. The monoisotopic (exact) mass is 433 g/mol. The summed E-state index contributed by atoms with van der Waals surface area (Å²) in [4.78, 5) is 36.7. The summed E-state index contributed by atoms with van der Waals surface area (Å²) in [5.41, 5.74) is 2.00. The molecule has 0 spiro atoms. The molecule has 0 aliphatic heterocycles. The van der Waals surface area contributed by atoms with Crippen LogP contribution in [0.15, 0.2) is 84.9 Å². The number of methoxy groups -OCH3 is 1. The molecule has 0 radical (unpaired) electrons. The molecule has 0 saturated heterocycles. The number of ether oxygens (including phenoxy) is 3. The lowest BCUT2D eigenvalue weighted by Gasteiger charge is -2.18. The summed E-state index contributed by atoms with van der Waals surface area (Å²) in [6.45, 7) is 0.0781. The van der Waals surface area contributed by atoms with Crippen molar-refractivity contribution in [1.82, 2.24) is 5.32 Å². The van der Waals surface area contributed by atoms with Gasteiger partial charge in [-0.25, -0.2) is 14.4 Å². The van der Waals surface area contributed by atoms with E-state index in [9.17, 15) is 14.4 Å². The molecule has 1 N–H and O–H groups in total. The van der Waals surface area contributed by atoms with Gasteiger partial charge in [0.1, 0.15) is 18.4 Å². The summed E-state index contributed by atoms with van der Waals surface area (Å²) in [6.07, 6.45) is -0.506. The van der Waals surface area contributed by atoms with Gasteiger partial charge in [0.25, 0.3) is 0 Å². The highest BCUT2D eigenvalue weighted by atomic mass is 16.6. The molecule has 0 saturated carbocycles. The summed E-state index contributed by atoms with van der Waals surface area (Å²) in [5, 5.41) is 2.58. The van der Waals surface area contributed by atoms with Gasteiger partial charge in [0.05, 0.1) is 12.7 Å². The van der Waals surface area contributed by atoms with Crippen LogP contribution in [0.25, 0.3) is 0 Å². The van der Waals surface area contributed by atoms with E-state index in [2.05, 4.69) is 10.1 Å². The number of alkyl carbamates (subject to hydrolysis) is 1. The fourth-order valence-corrected chi connectivity index (χ4v) is 2.91. The van der Waals surface area contributed by atoms with E-state index >= 15 is 0 Å². The molecule has 3 aromatic rings. The predicted molar refractivity (Wildman–Crippen MR) is 117 cm³/mol. The van der Waals surface area contributed by atoms with Crippen LogP contribution in [-0.2, 0) is 27.3 Å². The minimum Gasteiger partial charge on any atom is -0.465 e. The number of rotatable bonds is 8. The van der Waals surface area contributed by atoms with Crippen molar-refractivity contribution in [3.05, 3.63) is 102 Å². The van der Waals surface area contributed by atoms with Gasteiger partial charge in [-0.15, -0.1) is 0 Å². The second-order valence-corrected chi connectivity index (χ2v) is 6.89. The Hall–Kier alpha value is -4.13. The Morgan fingerprint density at radius 3 is 2.00 bits per heavy atom. The van der Waals surface area contributed by atoms with Crippen molar-refractivity contribution in [3.8, 4) is 5.75 Å². The van der Waals surface area contributed by atoms with Crippen LogP contribution in [0, 0.1) is 0 Å². The van der Waals surface area contributed by atoms with Crippen LogP contribution in [0.5, 0.6) is 5.75 Å². The lowest BCUT2D eigenvalue weighted by Crippen LogP contribution is -2.44. The van der Waals surface area contributed by atoms with E-state index in [1.54, 1.807) is 0 Å². The number of amides is 1. The predicted octanol–water partition coefficient (Wildman–Crippen LogP) is 3.92. The highest BCUT2D eigenvalue weighted by Gasteiger charge is 2.24. The maximum absolute atomic E-state index is 12.8. The summed E-state index contributed by atoms with van der Waals surface area (Å²) in [5.74, 6) is -0.913. The highest BCUT2D eigenvalue weighted by molar-refractivity contribution is 5.89. The average molecular weight is 433 g/mol. The SMILES string of the molecule is COC(=O)c1ccc(OC(=O)[C@H](Cc2ccccc2)NC(=O)OCc2ccccc2)cc1. The van der Waals surface area contributed by atoms with Gasteiger partial charge in [0, 0.05) is 6.42 Å². The van der Waals surface area contributed by atoms with E-state index in [0.717, 1.165) is 11.1 Å². The number of benzene rings is 3. The van der Waals surface area contributed by atoms with E-state index in [0.29, 0.717) is 5.56 Å². The van der Waals surface area contributed by atoms with Gasteiger partial charge in [-0.05, 0) is 35.4 Å². The molecule has 32 heavy (non-hydrogen) atoms. The zero-order valence-electron chi connectivity index (χ0n) is 17.5. The quantitative estimate of drug-likeness (QED) is 0.428. The van der Waals surface area contributed by atoms with E-state index in [-0.39, 0.29) is 18.8 Å². The standard InChI is InChI=1S/C25H23NO6/c1-30-23(27)20-12-14-21(15-13-20)32-24(28)22(16-18-8-4-2-5-9-18)26-25(29)31-17-19-10-6-3-7-11-19/h2-15,22H,16-17H2,1H3,(H,26,29)/t22-/m0/s1. The third kappa shape index (κ3) is 6.70.